The summed E-state index contributed by atoms with van der Waals surface area (Å²) in [4.78, 5) is 30.8. The number of ketones is 1. The molecule has 9 nitrogen and oxygen atoms in total. The number of aromatic nitrogens is 5. The molecule has 31 heavy (non-hydrogen) atoms. The number of hydrogen-bond acceptors (Lipinski definition) is 7. The van der Waals surface area contributed by atoms with E-state index in [1.54, 1.807) is 24.0 Å². The third-order valence-electron chi connectivity index (χ3n) is 5.49. The molecule has 0 unspecified atom stereocenters. The summed E-state index contributed by atoms with van der Waals surface area (Å²) in [5, 5.41) is 17.5. The van der Waals surface area contributed by atoms with Gasteiger partial charge in [0.15, 0.2) is 16.7 Å². The Morgan fingerprint density at radius 1 is 1.19 bits per heavy atom. The van der Waals surface area contributed by atoms with E-state index in [1.165, 1.54) is 11.3 Å². The van der Waals surface area contributed by atoms with Crippen molar-refractivity contribution in [2.45, 2.75) is 45.4 Å². The molecule has 0 spiro atoms. The van der Waals surface area contributed by atoms with Gasteiger partial charge < -0.3 is 5.32 Å². The summed E-state index contributed by atoms with van der Waals surface area (Å²) in [6, 6.07) is 5.13. The third-order valence-corrected chi connectivity index (χ3v) is 6.46. The molecule has 0 aliphatic heterocycles. The second-order valence-electron chi connectivity index (χ2n) is 7.82. The quantitative estimate of drug-likeness (QED) is 0.542. The summed E-state index contributed by atoms with van der Waals surface area (Å²) in [5.74, 6) is 0.960. The topological polar surface area (TPSA) is 115 Å². The van der Waals surface area contributed by atoms with Crippen LogP contribution in [0.15, 0.2) is 24.4 Å². The van der Waals surface area contributed by atoms with Crippen molar-refractivity contribution < 1.29 is 9.59 Å². The Balaban J connectivity index is 1.38. The van der Waals surface area contributed by atoms with Gasteiger partial charge in [-0.3, -0.25) is 10.1 Å². The smallest absolute Gasteiger partial charge is 0.307 e. The van der Waals surface area contributed by atoms with E-state index in [0.717, 1.165) is 48.4 Å². The van der Waals surface area contributed by atoms with Crippen molar-refractivity contribution in [1.82, 2.24) is 25.2 Å². The minimum Gasteiger partial charge on any atom is -0.307 e. The molecule has 1 saturated carbocycles. The van der Waals surface area contributed by atoms with Crippen LogP contribution in [-0.4, -0.2) is 37.0 Å². The van der Waals surface area contributed by atoms with E-state index in [2.05, 4.69) is 31.1 Å². The molecule has 1 fully saturated rings. The predicted octanol–water partition coefficient (Wildman–Crippen LogP) is 3.78. The SMILES string of the molecule is Cc1ccc(NC(=O)Nc2ncc(CCc3nnnn3C)s2)c(C(=O)C2CCCC2)c1. The number of urea groups is 1. The molecule has 2 N–H and O–H groups in total. The molecule has 0 saturated heterocycles. The Labute approximate surface area is 184 Å². The lowest BCUT2D eigenvalue weighted by Crippen LogP contribution is -2.22. The molecule has 2 heterocycles. The Morgan fingerprint density at radius 3 is 2.74 bits per heavy atom. The number of Topliss-reactive ketones (excluding diaryl/α,β-unsaturated/α-hetero) is 1. The van der Waals surface area contributed by atoms with E-state index in [9.17, 15) is 9.59 Å². The molecule has 1 aliphatic rings. The van der Waals surface area contributed by atoms with Crippen LogP contribution in [0.25, 0.3) is 0 Å². The maximum atomic E-state index is 13.0. The maximum absolute atomic E-state index is 13.0. The molecule has 2 amide bonds. The summed E-state index contributed by atoms with van der Waals surface area (Å²) in [6.07, 6.45) is 7.18. The first-order chi connectivity index (χ1) is 15.0. The van der Waals surface area contributed by atoms with E-state index < -0.39 is 6.03 Å². The first-order valence-corrected chi connectivity index (χ1v) is 11.2. The van der Waals surface area contributed by atoms with Gasteiger partial charge in [-0.25, -0.2) is 14.5 Å². The number of carbonyl (C=O) groups excluding carboxylic acids is 2. The van der Waals surface area contributed by atoms with E-state index in [0.29, 0.717) is 22.8 Å². The molecule has 162 valence electrons. The number of nitrogens with zero attached hydrogens (tertiary/aromatic N) is 5. The van der Waals surface area contributed by atoms with E-state index in [4.69, 9.17) is 0 Å². The van der Waals surface area contributed by atoms with Crippen molar-refractivity contribution in [2.75, 3.05) is 10.6 Å². The normalized spacial score (nSPS) is 14.0. The standard InChI is InChI=1S/C21H25N7O2S/c1-13-7-9-17(16(11-13)19(29)14-5-3-4-6-14)23-20(30)24-21-22-12-15(31-21)8-10-18-25-26-27-28(18)2/h7,9,11-12,14H,3-6,8,10H2,1-2H3,(H2,22,23,24,30). The van der Waals surface area contributed by atoms with Crippen molar-refractivity contribution in [1.29, 1.82) is 0 Å². The van der Waals surface area contributed by atoms with Gasteiger partial charge >= 0.3 is 6.03 Å². The maximum Gasteiger partial charge on any atom is 0.325 e. The lowest BCUT2D eigenvalue weighted by atomic mass is 9.94. The van der Waals surface area contributed by atoms with Crippen LogP contribution >= 0.6 is 11.3 Å². The number of amides is 2. The Bertz CT molecular complexity index is 1090. The second-order valence-corrected chi connectivity index (χ2v) is 8.94. The molecular weight excluding hydrogens is 414 g/mol. The lowest BCUT2D eigenvalue weighted by Gasteiger charge is -2.14. The van der Waals surface area contributed by atoms with Crippen molar-refractivity contribution in [3.05, 3.63) is 46.2 Å². The molecule has 0 radical (unpaired) electrons. The first kappa shape index (κ1) is 21.1. The number of anilines is 2. The summed E-state index contributed by atoms with van der Waals surface area (Å²) < 4.78 is 1.64. The molecule has 4 rings (SSSR count). The van der Waals surface area contributed by atoms with Gasteiger partial charge in [-0.15, -0.1) is 16.4 Å². The van der Waals surface area contributed by atoms with Gasteiger partial charge in [-0.05, 0) is 48.7 Å². The Hall–Kier alpha value is -3.14. The van der Waals surface area contributed by atoms with Crippen LogP contribution in [0.4, 0.5) is 15.6 Å². The number of nitrogens with one attached hydrogen (secondary N) is 2. The predicted molar refractivity (Wildman–Crippen MR) is 118 cm³/mol. The highest BCUT2D eigenvalue weighted by Crippen LogP contribution is 2.31. The van der Waals surface area contributed by atoms with E-state index in [1.807, 2.05) is 19.1 Å². The fourth-order valence-electron chi connectivity index (χ4n) is 3.81. The molecule has 0 bridgehead atoms. The number of rotatable bonds is 7. The fraction of sp³-hybridized carbons (Fsp3) is 0.429. The average molecular weight is 440 g/mol. The molecule has 3 aromatic rings. The molecular formula is C21H25N7O2S. The zero-order chi connectivity index (χ0) is 21.8. The minimum absolute atomic E-state index is 0.0519. The highest BCUT2D eigenvalue weighted by molar-refractivity contribution is 7.15. The van der Waals surface area contributed by atoms with Gasteiger partial charge in [0.25, 0.3) is 0 Å². The van der Waals surface area contributed by atoms with E-state index in [-0.39, 0.29) is 11.7 Å². The van der Waals surface area contributed by atoms with Gasteiger partial charge in [0, 0.05) is 36.0 Å². The Morgan fingerprint density at radius 2 is 2.00 bits per heavy atom. The van der Waals surface area contributed by atoms with Crippen LogP contribution < -0.4 is 10.6 Å². The number of thiazole rings is 1. The number of carbonyl (C=O) groups is 2. The monoisotopic (exact) mass is 439 g/mol. The number of aryl methyl sites for hydroxylation is 4. The lowest BCUT2D eigenvalue weighted by molar-refractivity contribution is 0.0923. The van der Waals surface area contributed by atoms with Crippen LogP contribution in [0.1, 0.15) is 52.3 Å². The van der Waals surface area contributed by atoms with Crippen molar-refractivity contribution >= 4 is 34.0 Å². The van der Waals surface area contributed by atoms with Crippen molar-refractivity contribution in [3.63, 3.8) is 0 Å². The summed E-state index contributed by atoms with van der Waals surface area (Å²) in [6.45, 7) is 1.95. The van der Waals surface area contributed by atoms with E-state index >= 15 is 0 Å². The fourth-order valence-corrected chi connectivity index (χ4v) is 4.61. The van der Waals surface area contributed by atoms with Crippen LogP contribution in [-0.2, 0) is 19.9 Å². The molecule has 1 aliphatic carbocycles. The van der Waals surface area contributed by atoms with Gasteiger partial charge in [0.1, 0.15) is 0 Å². The summed E-state index contributed by atoms with van der Waals surface area (Å²) in [5.41, 5.74) is 2.11. The highest BCUT2D eigenvalue weighted by Gasteiger charge is 2.26. The number of tetrazole rings is 1. The molecule has 0 atom stereocenters. The second kappa shape index (κ2) is 9.34. The van der Waals surface area contributed by atoms with Gasteiger partial charge in [-0.2, -0.15) is 0 Å². The minimum atomic E-state index is -0.414. The largest absolute Gasteiger partial charge is 0.325 e. The first-order valence-electron chi connectivity index (χ1n) is 10.4. The van der Waals surface area contributed by atoms with Crippen molar-refractivity contribution in [3.8, 4) is 0 Å². The number of benzene rings is 1. The molecule has 10 heteroatoms. The molecule has 2 aromatic heterocycles. The number of hydrogen-bond donors (Lipinski definition) is 2. The zero-order valence-corrected chi connectivity index (χ0v) is 18.4. The van der Waals surface area contributed by atoms with Crippen LogP contribution in [0.3, 0.4) is 0 Å². The Kier molecular flexibility index (Phi) is 6.36. The van der Waals surface area contributed by atoms with Crippen LogP contribution in [0.5, 0.6) is 0 Å². The molecule has 1 aromatic carbocycles. The highest BCUT2D eigenvalue weighted by atomic mass is 32.1. The zero-order valence-electron chi connectivity index (χ0n) is 17.6. The van der Waals surface area contributed by atoms with Gasteiger partial charge in [0.2, 0.25) is 0 Å². The summed E-state index contributed by atoms with van der Waals surface area (Å²) in [7, 11) is 1.80. The van der Waals surface area contributed by atoms with Crippen LogP contribution in [0, 0.1) is 12.8 Å². The van der Waals surface area contributed by atoms with Crippen molar-refractivity contribution in [2.24, 2.45) is 13.0 Å². The summed E-state index contributed by atoms with van der Waals surface area (Å²) >= 11 is 1.40. The van der Waals surface area contributed by atoms with Gasteiger partial charge in [0.05, 0.1) is 5.69 Å². The van der Waals surface area contributed by atoms with Gasteiger partial charge in [-0.1, -0.05) is 24.5 Å². The average Bonchev–Trinajstić information content (AvgIpc) is 3.50. The van der Waals surface area contributed by atoms with Crippen LogP contribution in [0.2, 0.25) is 0 Å². The third kappa shape index (κ3) is 5.13.